The van der Waals surface area contributed by atoms with Crippen LogP contribution in [-0.4, -0.2) is 95.5 Å². The minimum absolute atomic E-state index is 0.00151. The first-order valence-corrected chi connectivity index (χ1v) is 14.9. The number of benzene rings is 1. The van der Waals surface area contributed by atoms with Crippen LogP contribution in [0.3, 0.4) is 0 Å². The Labute approximate surface area is 209 Å². The fourth-order valence-electron chi connectivity index (χ4n) is 3.70. The van der Waals surface area contributed by atoms with E-state index in [1.54, 1.807) is 4.90 Å². The summed E-state index contributed by atoms with van der Waals surface area (Å²) in [6.45, 7) is 1.98. The molecule has 0 bridgehead atoms. The molecule has 190 valence electrons. The quantitative estimate of drug-likeness (QED) is 0.133. The third kappa shape index (κ3) is 7.62. The van der Waals surface area contributed by atoms with Gasteiger partial charge < -0.3 is 9.80 Å². The Balaban J connectivity index is 2.62. The minimum atomic E-state index is -4.16. The highest BCUT2D eigenvalue weighted by molar-refractivity contribution is 9.09. The summed E-state index contributed by atoms with van der Waals surface area (Å²) >= 11 is 3.31. The van der Waals surface area contributed by atoms with Gasteiger partial charge in [0, 0.05) is 43.6 Å². The summed E-state index contributed by atoms with van der Waals surface area (Å²) < 4.78 is 56.6. The van der Waals surface area contributed by atoms with Gasteiger partial charge in [0.2, 0.25) is 10.0 Å². The fraction of sp³-hybridized carbons (Fsp3) is 0.600. The van der Waals surface area contributed by atoms with Crippen LogP contribution in [0.1, 0.15) is 18.4 Å². The van der Waals surface area contributed by atoms with E-state index in [0.717, 1.165) is 31.5 Å². The molecule has 1 saturated heterocycles. The van der Waals surface area contributed by atoms with Crippen LogP contribution in [0.2, 0.25) is 0 Å². The van der Waals surface area contributed by atoms with Gasteiger partial charge in [-0.05, 0) is 33.0 Å². The first-order chi connectivity index (χ1) is 15.9. The van der Waals surface area contributed by atoms with Gasteiger partial charge in [-0.25, -0.2) is 8.42 Å². The van der Waals surface area contributed by atoms with E-state index in [1.165, 1.54) is 4.31 Å². The van der Waals surface area contributed by atoms with Crippen molar-refractivity contribution in [1.82, 2.24) is 9.21 Å². The first-order valence-electron chi connectivity index (χ1n) is 10.5. The highest BCUT2D eigenvalue weighted by Gasteiger charge is 2.33. The second-order valence-electron chi connectivity index (χ2n) is 7.86. The molecule has 0 saturated carbocycles. The van der Waals surface area contributed by atoms with Gasteiger partial charge in [0.05, 0.1) is 29.0 Å². The number of hydrogen-bond donors (Lipinski definition) is 0. The second kappa shape index (κ2) is 12.3. The Morgan fingerprint density at radius 3 is 2.29 bits per heavy atom. The summed E-state index contributed by atoms with van der Waals surface area (Å²) in [5.41, 5.74) is -0.295. The predicted octanol–water partition coefficient (Wildman–Crippen LogP) is 1.47. The molecule has 0 aliphatic carbocycles. The van der Waals surface area contributed by atoms with Crippen molar-refractivity contribution in [2.24, 2.45) is 0 Å². The third-order valence-electron chi connectivity index (χ3n) is 5.27. The standard InChI is InChI=1S/C20H29BrN4O7S2/c1-4-17-15-18(25(26)27)16-19(20(17)23(12-7-21)13-14-32-33(3,28)29)34(30,31)24-10-5-8-22(2)9-6-11-24/h1,15-16H,5-14H2,2-3H3. The molecular weight excluding hydrogens is 552 g/mol. The Morgan fingerprint density at radius 2 is 1.79 bits per heavy atom. The zero-order valence-electron chi connectivity index (χ0n) is 19.1. The monoisotopic (exact) mass is 580 g/mol. The predicted molar refractivity (Wildman–Crippen MR) is 133 cm³/mol. The molecule has 1 fully saturated rings. The molecule has 0 unspecified atom stereocenters. The Bertz CT molecular complexity index is 1130. The number of terminal acetylenes is 1. The molecule has 1 aliphatic rings. The fourth-order valence-corrected chi connectivity index (χ4v) is 6.28. The molecular formula is C20H29BrN4O7S2. The van der Waals surface area contributed by atoms with E-state index in [2.05, 4.69) is 26.8 Å². The number of nitro groups is 1. The van der Waals surface area contributed by atoms with Gasteiger partial charge in [-0.1, -0.05) is 21.9 Å². The zero-order chi connectivity index (χ0) is 25.5. The Hall–Kier alpha value is -1.76. The molecule has 0 aromatic heterocycles. The van der Waals surface area contributed by atoms with Crippen molar-refractivity contribution >= 4 is 47.4 Å². The largest absolute Gasteiger partial charge is 0.366 e. The van der Waals surface area contributed by atoms with E-state index >= 15 is 0 Å². The maximum atomic E-state index is 13.8. The Kier molecular flexibility index (Phi) is 10.3. The van der Waals surface area contributed by atoms with Gasteiger partial charge in [-0.15, -0.1) is 6.42 Å². The summed E-state index contributed by atoms with van der Waals surface area (Å²) in [5.74, 6) is 2.37. The van der Waals surface area contributed by atoms with Gasteiger partial charge in [-0.2, -0.15) is 12.7 Å². The topological polar surface area (TPSA) is 130 Å². The van der Waals surface area contributed by atoms with Crippen molar-refractivity contribution in [2.45, 2.75) is 17.7 Å². The normalized spacial score (nSPS) is 16.4. The van der Waals surface area contributed by atoms with E-state index in [1.807, 2.05) is 7.05 Å². The van der Waals surface area contributed by atoms with E-state index in [4.69, 9.17) is 10.6 Å². The smallest absolute Gasteiger partial charge is 0.272 e. The molecule has 1 aromatic carbocycles. The minimum Gasteiger partial charge on any atom is -0.366 e. The average Bonchev–Trinajstić information content (AvgIpc) is 2.73. The van der Waals surface area contributed by atoms with Crippen LogP contribution in [-0.2, 0) is 24.3 Å². The van der Waals surface area contributed by atoms with E-state index in [0.29, 0.717) is 18.2 Å². The number of rotatable bonds is 10. The summed E-state index contributed by atoms with van der Waals surface area (Å²) in [6.07, 6.45) is 7.78. The van der Waals surface area contributed by atoms with Gasteiger partial charge in [0.25, 0.3) is 15.8 Å². The van der Waals surface area contributed by atoms with Crippen molar-refractivity contribution in [1.29, 1.82) is 0 Å². The molecule has 14 heteroatoms. The summed E-state index contributed by atoms with van der Waals surface area (Å²) in [5, 5.41) is 12.0. The van der Waals surface area contributed by atoms with Crippen LogP contribution in [0, 0.1) is 22.5 Å². The zero-order valence-corrected chi connectivity index (χ0v) is 22.4. The van der Waals surface area contributed by atoms with Gasteiger partial charge in [-0.3, -0.25) is 14.3 Å². The molecule has 2 rings (SSSR count). The molecule has 11 nitrogen and oxygen atoms in total. The van der Waals surface area contributed by atoms with Crippen molar-refractivity contribution in [3.8, 4) is 12.3 Å². The molecule has 1 aliphatic heterocycles. The van der Waals surface area contributed by atoms with Crippen LogP contribution in [0.15, 0.2) is 17.0 Å². The van der Waals surface area contributed by atoms with Gasteiger partial charge in [0.1, 0.15) is 4.90 Å². The van der Waals surface area contributed by atoms with Crippen LogP contribution < -0.4 is 4.90 Å². The maximum Gasteiger partial charge on any atom is 0.272 e. The number of anilines is 1. The van der Waals surface area contributed by atoms with Crippen molar-refractivity contribution < 1.29 is 25.9 Å². The third-order valence-corrected chi connectivity index (χ3v) is 8.13. The van der Waals surface area contributed by atoms with Crippen LogP contribution in [0.25, 0.3) is 0 Å². The van der Waals surface area contributed by atoms with Crippen LogP contribution in [0.4, 0.5) is 11.4 Å². The molecule has 0 N–H and O–H groups in total. The highest BCUT2D eigenvalue weighted by Crippen LogP contribution is 2.35. The number of hydrogen-bond acceptors (Lipinski definition) is 9. The average molecular weight is 582 g/mol. The maximum absolute atomic E-state index is 13.8. The number of non-ortho nitro benzene ring substituents is 1. The van der Waals surface area contributed by atoms with Crippen molar-refractivity contribution in [3.05, 3.63) is 27.8 Å². The van der Waals surface area contributed by atoms with E-state index in [9.17, 15) is 26.9 Å². The molecule has 34 heavy (non-hydrogen) atoms. The summed E-state index contributed by atoms with van der Waals surface area (Å²) in [6, 6.07) is 2.17. The second-order valence-corrected chi connectivity index (χ2v) is 12.2. The lowest BCUT2D eigenvalue weighted by molar-refractivity contribution is -0.385. The molecule has 0 amide bonds. The number of nitro benzene ring substituents is 1. The molecule has 0 atom stereocenters. The molecule has 1 heterocycles. The molecule has 1 aromatic rings. The van der Waals surface area contributed by atoms with E-state index in [-0.39, 0.29) is 48.9 Å². The lowest BCUT2D eigenvalue weighted by atomic mass is 10.1. The molecule has 0 radical (unpaired) electrons. The SMILES string of the molecule is C#Cc1cc([N+](=O)[O-])cc(S(=O)(=O)N2CCCN(C)CCC2)c1N(CCBr)CCOS(C)(=O)=O. The highest BCUT2D eigenvalue weighted by atomic mass is 79.9. The van der Waals surface area contributed by atoms with E-state index < -0.39 is 30.8 Å². The first kappa shape index (κ1) is 28.5. The van der Waals surface area contributed by atoms with Crippen LogP contribution >= 0.6 is 15.9 Å². The number of alkyl halides is 1. The van der Waals surface area contributed by atoms with Crippen LogP contribution in [0.5, 0.6) is 0 Å². The number of halogens is 1. The number of nitrogens with zero attached hydrogens (tertiary/aromatic N) is 4. The van der Waals surface area contributed by atoms with Crippen molar-refractivity contribution in [2.75, 3.05) is 69.4 Å². The van der Waals surface area contributed by atoms with Gasteiger partial charge >= 0.3 is 0 Å². The lowest BCUT2D eigenvalue weighted by Crippen LogP contribution is -2.40. The Morgan fingerprint density at radius 1 is 1.18 bits per heavy atom. The van der Waals surface area contributed by atoms with Crippen molar-refractivity contribution in [3.63, 3.8) is 0 Å². The summed E-state index contributed by atoms with van der Waals surface area (Å²) in [4.78, 5) is 14.3. The summed E-state index contributed by atoms with van der Waals surface area (Å²) in [7, 11) is -5.90. The molecule has 0 spiro atoms. The lowest BCUT2D eigenvalue weighted by Gasteiger charge is -2.31. The number of sulfonamides is 1. The van der Waals surface area contributed by atoms with Gasteiger partial charge in [0.15, 0.2) is 0 Å².